The van der Waals surface area contributed by atoms with Gasteiger partial charge in [0.15, 0.2) is 0 Å². The second-order valence-corrected chi connectivity index (χ2v) is 2.46. The summed E-state index contributed by atoms with van der Waals surface area (Å²) in [7, 11) is 0. The van der Waals surface area contributed by atoms with Gasteiger partial charge in [-0.15, -0.1) is 0 Å². The number of hydrogen-bond acceptors (Lipinski definition) is 4. The van der Waals surface area contributed by atoms with E-state index >= 15 is 0 Å². The highest BCUT2D eigenvalue weighted by Crippen LogP contribution is 2.19. The molecule has 0 aliphatic rings. The van der Waals surface area contributed by atoms with E-state index in [1.807, 2.05) is 0 Å². The summed E-state index contributed by atoms with van der Waals surface area (Å²) in [4.78, 5) is 14.2. The van der Waals surface area contributed by atoms with Crippen molar-refractivity contribution in [1.82, 2.24) is 0 Å². The smallest absolute Gasteiger partial charge is 0.337 e. The molecule has 0 amide bonds. The summed E-state index contributed by atoms with van der Waals surface area (Å²) >= 11 is 4.38. The SMILES string of the molecule is Nc1ccc(N=C=S)cc1C(=O)O. The van der Waals surface area contributed by atoms with Crippen LogP contribution in [0.4, 0.5) is 11.4 Å². The number of carboxylic acids is 1. The Morgan fingerprint density at radius 2 is 2.31 bits per heavy atom. The highest BCUT2D eigenvalue weighted by molar-refractivity contribution is 7.78. The molecule has 0 spiro atoms. The van der Waals surface area contributed by atoms with Crippen LogP contribution < -0.4 is 5.73 Å². The number of nitrogen functional groups attached to an aromatic ring is 1. The van der Waals surface area contributed by atoms with Crippen molar-refractivity contribution in [3.05, 3.63) is 23.8 Å². The van der Waals surface area contributed by atoms with Crippen molar-refractivity contribution >= 4 is 34.7 Å². The van der Waals surface area contributed by atoms with Crippen LogP contribution in [-0.2, 0) is 0 Å². The summed E-state index contributed by atoms with van der Waals surface area (Å²) in [5, 5.41) is 10.8. The van der Waals surface area contributed by atoms with E-state index in [1.165, 1.54) is 12.1 Å². The van der Waals surface area contributed by atoms with Gasteiger partial charge in [0.25, 0.3) is 0 Å². The molecule has 0 saturated heterocycles. The Hall–Kier alpha value is -1.71. The zero-order chi connectivity index (χ0) is 9.84. The predicted octanol–water partition coefficient (Wildman–Crippen LogP) is 1.70. The van der Waals surface area contributed by atoms with Gasteiger partial charge in [0.05, 0.1) is 16.4 Å². The van der Waals surface area contributed by atoms with Crippen molar-refractivity contribution in [3.63, 3.8) is 0 Å². The summed E-state index contributed by atoms with van der Waals surface area (Å²) in [6, 6.07) is 4.38. The lowest BCUT2D eigenvalue weighted by Crippen LogP contribution is -2.01. The molecule has 4 nitrogen and oxygen atoms in total. The summed E-state index contributed by atoms with van der Waals surface area (Å²) < 4.78 is 0. The number of benzene rings is 1. The second kappa shape index (κ2) is 3.80. The highest BCUT2D eigenvalue weighted by Gasteiger charge is 2.07. The Balaban J connectivity index is 3.26. The zero-order valence-corrected chi connectivity index (χ0v) is 7.34. The molecule has 3 N–H and O–H groups in total. The molecular weight excluding hydrogens is 188 g/mol. The van der Waals surface area contributed by atoms with Crippen LogP contribution in [0, 0.1) is 0 Å². The van der Waals surface area contributed by atoms with Gasteiger partial charge in [-0.3, -0.25) is 0 Å². The molecule has 5 heteroatoms. The summed E-state index contributed by atoms with van der Waals surface area (Å²) in [6.07, 6.45) is 0. The fraction of sp³-hybridized carbons (Fsp3) is 0. The Bertz CT molecular complexity index is 397. The van der Waals surface area contributed by atoms with Crippen LogP contribution in [0.15, 0.2) is 23.2 Å². The van der Waals surface area contributed by atoms with Crippen LogP contribution in [0.3, 0.4) is 0 Å². The molecule has 0 unspecified atom stereocenters. The first-order valence-electron chi connectivity index (χ1n) is 3.36. The number of hydrogen-bond donors (Lipinski definition) is 2. The minimum Gasteiger partial charge on any atom is -0.478 e. The number of isothiocyanates is 1. The maximum absolute atomic E-state index is 10.6. The molecule has 0 bridgehead atoms. The van der Waals surface area contributed by atoms with Crippen molar-refractivity contribution in [2.75, 3.05) is 5.73 Å². The van der Waals surface area contributed by atoms with Gasteiger partial charge in [-0.2, -0.15) is 4.99 Å². The molecule has 66 valence electrons. The molecule has 13 heavy (non-hydrogen) atoms. The first-order chi connectivity index (χ1) is 6.15. The minimum absolute atomic E-state index is 0.0199. The fourth-order valence-electron chi connectivity index (χ4n) is 0.852. The van der Waals surface area contributed by atoms with Crippen molar-refractivity contribution < 1.29 is 9.90 Å². The third-order valence-electron chi connectivity index (χ3n) is 1.44. The third kappa shape index (κ3) is 2.11. The van der Waals surface area contributed by atoms with Gasteiger partial charge in [-0.05, 0) is 30.4 Å². The van der Waals surface area contributed by atoms with Gasteiger partial charge in [0.1, 0.15) is 0 Å². The van der Waals surface area contributed by atoms with Crippen LogP contribution in [-0.4, -0.2) is 16.2 Å². The van der Waals surface area contributed by atoms with Gasteiger partial charge < -0.3 is 10.8 Å². The van der Waals surface area contributed by atoms with Gasteiger partial charge in [-0.1, -0.05) is 0 Å². The lowest BCUT2D eigenvalue weighted by Gasteiger charge is -1.99. The van der Waals surface area contributed by atoms with E-state index in [0.29, 0.717) is 5.69 Å². The van der Waals surface area contributed by atoms with Gasteiger partial charge in [0, 0.05) is 5.69 Å². The lowest BCUT2D eigenvalue weighted by atomic mass is 10.1. The maximum atomic E-state index is 10.6. The maximum Gasteiger partial charge on any atom is 0.337 e. The van der Waals surface area contributed by atoms with Crippen LogP contribution >= 0.6 is 12.2 Å². The largest absolute Gasteiger partial charge is 0.478 e. The Labute approximate surface area is 79.7 Å². The van der Waals surface area contributed by atoms with Crippen LogP contribution in [0.5, 0.6) is 0 Å². The summed E-state index contributed by atoms with van der Waals surface area (Å²) in [5.74, 6) is -1.08. The predicted molar refractivity (Wildman–Crippen MR) is 52.5 cm³/mol. The van der Waals surface area contributed by atoms with Crippen molar-refractivity contribution in [2.24, 2.45) is 4.99 Å². The Kier molecular flexibility index (Phi) is 2.74. The average Bonchev–Trinajstić information content (AvgIpc) is 2.08. The number of anilines is 1. The van der Waals surface area contributed by atoms with E-state index in [-0.39, 0.29) is 11.3 Å². The number of thiocarbonyl (C=S) groups is 1. The van der Waals surface area contributed by atoms with Gasteiger partial charge in [-0.25, -0.2) is 4.79 Å². The van der Waals surface area contributed by atoms with Gasteiger partial charge >= 0.3 is 5.97 Å². The number of carbonyl (C=O) groups is 1. The molecule has 0 aliphatic heterocycles. The first-order valence-corrected chi connectivity index (χ1v) is 3.76. The van der Waals surface area contributed by atoms with Crippen molar-refractivity contribution in [1.29, 1.82) is 0 Å². The van der Waals surface area contributed by atoms with E-state index in [0.717, 1.165) is 0 Å². The molecule has 0 heterocycles. The second-order valence-electron chi connectivity index (χ2n) is 2.28. The third-order valence-corrected chi connectivity index (χ3v) is 1.53. The van der Waals surface area contributed by atoms with E-state index in [9.17, 15) is 4.79 Å². The monoisotopic (exact) mass is 194 g/mol. The van der Waals surface area contributed by atoms with Crippen LogP contribution in [0.1, 0.15) is 10.4 Å². The highest BCUT2D eigenvalue weighted by atomic mass is 32.1. The Morgan fingerprint density at radius 1 is 1.62 bits per heavy atom. The number of aliphatic imine (C=N–C) groups is 1. The molecule has 1 rings (SSSR count). The van der Waals surface area contributed by atoms with E-state index in [2.05, 4.69) is 22.4 Å². The van der Waals surface area contributed by atoms with E-state index in [1.54, 1.807) is 6.07 Å². The fourth-order valence-corrected chi connectivity index (χ4v) is 0.957. The topological polar surface area (TPSA) is 75.7 Å². The number of rotatable bonds is 2. The van der Waals surface area contributed by atoms with E-state index in [4.69, 9.17) is 10.8 Å². The van der Waals surface area contributed by atoms with Crippen LogP contribution in [0.2, 0.25) is 0 Å². The van der Waals surface area contributed by atoms with Crippen molar-refractivity contribution in [2.45, 2.75) is 0 Å². The minimum atomic E-state index is -1.08. The molecule has 0 saturated carbocycles. The number of aromatic carboxylic acids is 1. The number of nitrogens with two attached hydrogens (primary N) is 1. The molecule has 0 atom stereocenters. The quantitative estimate of drug-likeness (QED) is 0.427. The zero-order valence-electron chi connectivity index (χ0n) is 6.52. The average molecular weight is 194 g/mol. The van der Waals surface area contributed by atoms with Gasteiger partial charge in [0.2, 0.25) is 0 Å². The molecule has 1 aromatic carbocycles. The normalized spacial score (nSPS) is 8.92. The molecular formula is C8H6N2O2S. The number of nitrogens with zero attached hydrogens (tertiary/aromatic N) is 1. The van der Waals surface area contributed by atoms with E-state index < -0.39 is 5.97 Å². The first kappa shape index (κ1) is 9.38. The van der Waals surface area contributed by atoms with Crippen molar-refractivity contribution in [3.8, 4) is 0 Å². The molecule has 0 aromatic heterocycles. The summed E-state index contributed by atoms with van der Waals surface area (Å²) in [6.45, 7) is 0. The lowest BCUT2D eigenvalue weighted by molar-refractivity contribution is 0.0698. The van der Waals surface area contributed by atoms with Crippen LogP contribution in [0.25, 0.3) is 0 Å². The Morgan fingerprint density at radius 3 is 2.85 bits per heavy atom. The standard InChI is InChI=1S/C8H6N2O2S/c9-7-2-1-5(10-4-13)3-6(7)8(11)12/h1-3H,9H2,(H,11,12). The molecule has 0 fully saturated rings. The summed E-state index contributed by atoms with van der Waals surface area (Å²) in [5.41, 5.74) is 6.07. The molecule has 0 aliphatic carbocycles. The molecule has 0 radical (unpaired) electrons. The number of carboxylic acid groups (broad SMARTS) is 1. The molecule has 1 aromatic rings.